The average molecular weight is 318 g/mol. The highest BCUT2D eigenvalue weighted by atomic mass is 79.9. The van der Waals surface area contributed by atoms with Crippen molar-refractivity contribution in [1.29, 1.82) is 0 Å². The molecule has 2 aromatic carbocycles. The molecule has 0 aliphatic heterocycles. The van der Waals surface area contributed by atoms with Crippen LogP contribution in [-0.2, 0) is 6.54 Å². The van der Waals surface area contributed by atoms with Crippen LogP contribution >= 0.6 is 15.9 Å². The molecule has 2 aromatic rings. The number of nitrogens with one attached hydrogen (secondary N) is 1. The summed E-state index contributed by atoms with van der Waals surface area (Å²) >= 11 is 3.46. The lowest BCUT2D eigenvalue weighted by atomic mass is 10.00. The predicted molar refractivity (Wildman–Crippen MR) is 85.3 cm³/mol. The third-order valence-corrected chi connectivity index (χ3v) is 3.95. The summed E-state index contributed by atoms with van der Waals surface area (Å²) in [6.45, 7) is 7.43. The van der Waals surface area contributed by atoms with Crippen LogP contribution in [0.15, 0.2) is 46.9 Å². The summed E-state index contributed by atoms with van der Waals surface area (Å²) in [5.74, 6) is 0. The van der Waals surface area contributed by atoms with Gasteiger partial charge in [0.25, 0.3) is 0 Å². The molecule has 2 rings (SSSR count). The number of hydrogen-bond acceptors (Lipinski definition) is 1. The van der Waals surface area contributed by atoms with E-state index in [-0.39, 0.29) is 0 Å². The van der Waals surface area contributed by atoms with E-state index in [1.54, 1.807) is 0 Å². The quantitative estimate of drug-likeness (QED) is 0.844. The zero-order valence-electron chi connectivity index (χ0n) is 11.7. The van der Waals surface area contributed by atoms with Crippen molar-refractivity contribution in [3.8, 4) is 0 Å². The van der Waals surface area contributed by atoms with Crippen molar-refractivity contribution in [3.63, 3.8) is 0 Å². The average Bonchev–Trinajstić information content (AvgIpc) is 2.37. The van der Waals surface area contributed by atoms with Crippen molar-refractivity contribution < 1.29 is 0 Å². The van der Waals surface area contributed by atoms with E-state index < -0.39 is 0 Å². The maximum Gasteiger partial charge on any atom is 0.0297 e. The molecular formula is C17H20BrN. The van der Waals surface area contributed by atoms with Crippen molar-refractivity contribution in [1.82, 2.24) is 5.32 Å². The van der Waals surface area contributed by atoms with E-state index in [4.69, 9.17) is 0 Å². The van der Waals surface area contributed by atoms with Gasteiger partial charge in [-0.2, -0.15) is 0 Å². The third-order valence-electron chi connectivity index (χ3n) is 3.42. The van der Waals surface area contributed by atoms with Crippen molar-refractivity contribution in [2.45, 2.75) is 33.4 Å². The van der Waals surface area contributed by atoms with Crippen molar-refractivity contribution in [3.05, 3.63) is 69.2 Å². The Kier molecular flexibility index (Phi) is 4.78. The summed E-state index contributed by atoms with van der Waals surface area (Å²) in [4.78, 5) is 0. The van der Waals surface area contributed by atoms with Gasteiger partial charge in [-0.3, -0.25) is 0 Å². The van der Waals surface area contributed by atoms with Gasteiger partial charge in [-0.15, -0.1) is 0 Å². The zero-order valence-corrected chi connectivity index (χ0v) is 13.3. The largest absolute Gasteiger partial charge is 0.306 e. The van der Waals surface area contributed by atoms with E-state index in [9.17, 15) is 0 Å². The molecule has 0 radical (unpaired) electrons. The maximum absolute atomic E-state index is 3.58. The lowest BCUT2D eigenvalue weighted by molar-refractivity contribution is 0.572. The van der Waals surface area contributed by atoms with Gasteiger partial charge in [0.15, 0.2) is 0 Å². The first-order valence-corrected chi connectivity index (χ1v) is 7.40. The molecule has 0 bridgehead atoms. The van der Waals surface area contributed by atoms with Gasteiger partial charge in [0, 0.05) is 17.1 Å². The first-order valence-electron chi connectivity index (χ1n) is 6.61. The molecule has 1 N–H and O–H groups in total. The summed E-state index contributed by atoms with van der Waals surface area (Å²) in [6.07, 6.45) is 0. The molecule has 0 saturated heterocycles. The standard InChI is InChI=1S/C17H20BrN/c1-12-4-9-17(13(2)10-12)14(3)19-11-15-5-7-16(18)8-6-15/h4-10,14,19H,11H2,1-3H3. The van der Waals surface area contributed by atoms with Crippen molar-refractivity contribution in [2.75, 3.05) is 0 Å². The second kappa shape index (κ2) is 6.36. The van der Waals surface area contributed by atoms with E-state index >= 15 is 0 Å². The second-order valence-corrected chi connectivity index (χ2v) is 6.00. The van der Waals surface area contributed by atoms with Crippen LogP contribution in [0.2, 0.25) is 0 Å². The minimum Gasteiger partial charge on any atom is -0.306 e. The van der Waals surface area contributed by atoms with E-state index in [2.05, 4.69) is 84.5 Å². The van der Waals surface area contributed by atoms with E-state index in [1.807, 2.05) is 0 Å². The van der Waals surface area contributed by atoms with Gasteiger partial charge in [-0.1, -0.05) is 51.8 Å². The molecule has 0 saturated carbocycles. The normalized spacial score (nSPS) is 12.4. The lowest BCUT2D eigenvalue weighted by Crippen LogP contribution is -2.18. The van der Waals surface area contributed by atoms with Crippen LogP contribution in [0.4, 0.5) is 0 Å². The predicted octanol–water partition coefficient (Wildman–Crippen LogP) is 4.92. The fraction of sp³-hybridized carbons (Fsp3) is 0.294. The molecular weight excluding hydrogens is 298 g/mol. The molecule has 1 unspecified atom stereocenters. The van der Waals surface area contributed by atoms with Crippen LogP contribution < -0.4 is 5.32 Å². The Morgan fingerprint density at radius 3 is 2.37 bits per heavy atom. The Labute approximate surface area is 124 Å². The fourth-order valence-corrected chi connectivity index (χ4v) is 2.56. The van der Waals surface area contributed by atoms with Gasteiger partial charge in [0.2, 0.25) is 0 Å². The Balaban J connectivity index is 2.01. The summed E-state index contributed by atoms with van der Waals surface area (Å²) in [6, 6.07) is 15.5. The van der Waals surface area contributed by atoms with E-state index in [0.29, 0.717) is 6.04 Å². The molecule has 2 heteroatoms. The second-order valence-electron chi connectivity index (χ2n) is 5.09. The summed E-state index contributed by atoms with van der Waals surface area (Å²) in [5, 5.41) is 3.58. The van der Waals surface area contributed by atoms with Crippen LogP contribution in [-0.4, -0.2) is 0 Å². The first kappa shape index (κ1) is 14.3. The summed E-state index contributed by atoms with van der Waals surface area (Å²) in [7, 11) is 0. The molecule has 19 heavy (non-hydrogen) atoms. The van der Waals surface area contributed by atoms with Crippen LogP contribution in [0.25, 0.3) is 0 Å². The molecule has 0 amide bonds. The molecule has 0 aliphatic rings. The van der Waals surface area contributed by atoms with E-state index in [1.165, 1.54) is 22.3 Å². The summed E-state index contributed by atoms with van der Waals surface area (Å²) < 4.78 is 1.12. The number of rotatable bonds is 4. The smallest absolute Gasteiger partial charge is 0.0297 e. The van der Waals surface area contributed by atoms with Gasteiger partial charge < -0.3 is 5.32 Å². The maximum atomic E-state index is 3.58. The van der Waals surface area contributed by atoms with Crippen LogP contribution in [0, 0.1) is 13.8 Å². The number of hydrogen-bond donors (Lipinski definition) is 1. The molecule has 0 fully saturated rings. The highest BCUT2D eigenvalue weighted by Gasteiger charge is 2.07. The fourth-order valence-electron chi connectivity index (χ4n) is 2.29. The minimum atomic E-state index is 0.365. The van der Waals surface area contributed by atoms with Crippen molar-refractivity contribution in [2.24, 2.45) is 0 Å². The van der Waals surface area contributed by atoms with E-state index in [0.717, 1.165) is 11.0 Å². The van der Waals surface area contributed by atoms with Gasteiger partial charge >= 0.3 is 0 Å². The van der Waals surface area contributed by atoms with Crippen LogP contribution in [0.3, 0.4) is 0 Å². The topological polar surface area (TPSA) is 12.0 Å². The highest BCUT2D eigenvalue weighted by molar-refractivity contribution is 9.10. The molecule has 1 nitrogen and oxygen atoms in total. The minimum absolute atomic E-state index is 0.365. The number of benzene rings is 2. The van der Waals surface area contributed by atoms with Crippen LogP contribution in [0.5, 0.6) is 0 Å². The molecule has 0 spiro atoms. The van der Waals surface area contributed by atoms with Gasteiger partial charge in [0.05, 0.1) is 0 Å². The SMILES string of the molecule is Cc1ccc(C(C)NCc2ccc(Br)cc2)c(C)c1. The highest BCUT2D eigenvalue weighted by Crippen LogP contribution is 2.19. The lowest BCUT2D eigenvalue weighted by Gasteiger charge is -2.17. The zero-order chi connectivity index (χ0) is 13.8. The van der Waals surface area contributed by atoms with Gasteiger partial charge in [-0.05, 0) is 49.6 Å². The Hall–Kier alpha value is -1.12. The van der Waals surface area contributed by atoms with Crippen molar-refractivity contribution >= 4 is 15.9 Å². The molecule has 1 atom stereocenters. The third kappa shape index (κ3) is 3.92. The molecule has 0 aliphatic carbocycles. The molecule has 0 aromatic heterocycles. The monoisotopic (exact) mass is 317 g/mol. The number of aryl methyl sites for hydroxylation is 2. The van der Waals surface area contributed by atoms with Crippen LogP contribution in [0.1, 0.15) is 35.2 Å². The van der Waals surface area contributed by atoms with Gasteiger partial charge in [-0.25, -0.2) is 0 Å². The molecule has 0 heterocycles. The Morgan fingerprint density at radius 2 is 1.74 bits per heavy atom. The summed E-state index contributed by atoms with van der Waals surface area (Å²) in [5.41, 5.74) is 5.36. The Bertz CT molecular complexity index is 546. The number of halogens is 1. The molecule has 100 valence electrons. The Morgan fingerprint density at radius 1 is 1.05 bits per heavy atom. The van der Waals surface area contributed by atoms with Gasteiger partial charge in [0.1, 0.15) is 0 Å². The first-order chi connectivity index (χ1) is 9.06.